The Labute approximate surface area is 84.2 Å². The van der Waals surface area contributed by atoms with Crippen molar-refractivity contribution in [2.75, 3.05) is 20.2 Å². The molecular weight excluding hydrogens is 182 g/mol. The highest BCUT2D eigenvalue weighted by Crippen LogP contribution is 2.20. The molecule has 0 aromatic heterocycles. The Hall–Kier alpha value is -1.06. The number of rotatable bonds is 2. The molecule has 1 heterocycles. The smallest absolute Gasteiger partial charge is 0.409 e. The summed E-state index contributed by atoms with van der Waals surface area (Å²) in [6, 6.07) is 0. The molecule has 80 valence electrons. The number of ketones is 1. The zero-order chi connectivity index (χ0) is 10.7. The van der Waals surface area contributed by atoms with Crippen molar-refractivity contribution >= 4 is 11.9 Å². The highest BCUT2D eigenvalue weighted by molar-refractivity contribution is 5.84. The normalized spacial score (nSPS) is 21.4. The fourth-order valence-electron chi connectivity index (χ4n) is 1.76. The minimum Gasteiger partial charge on any atom is -0.453 e. The van der Waals surface area contributed by atoms with E-state index in [9.17, 15) is 9.59 Å². The molecule has 14 heavy (non-hydrogen) atoms. The molecule has 0 radical (unpaired) electrons. The maximum absolute atomic E-state index is 11.6. The number of methoxy groups -OCH3 is 1. The van der Waals surface area contributed by atoms with Gasteiger partial charge in [0.05, 0.1) is 7.11 Å². The molecular formula is C10H17NO3. The maximum atomic E-state index is 11.6. The van der Waals surface area contributed by atoms with Crippen molar-refractivity contribution in [1.29, 1.82) is 0 Å². The van der Waals surface area contributed by atoms with Crippen molar-refractivity contribution < 1.29 is 14.3 Å². The molecule has 0 aliphatic carbocycles. The summed E-state index contributed by atoms with van der Waals surface area (Å²) in [6.45, 7) is 4.94. The number of carbonyl (C=O) groups excluding carboxylic acids is 2. The maximum Gasteiger partial charge on any atom is 0.409 e. The number of hydrogen-bond acceptors (Lipinski definition) is 3. The van der Waals surface area contributed by atoms with Gasteiger partial charge in [0.15, 0.2) is 0 Å². The topological polar surface area (TPSA) is 46.6 Å². The van der Waals surface area contributed by atoms with Gasteiger partial charge in [0.1, 0.15) is 5.78 Å². The summed E-state index contributed by atoms with van der Waals surface area (Å²) in [6.07, 6.45) is 0.440. The summed E-state index contributed by atoms with van der Waals surface area (Å²) in [7, 11) is 1.36. The van der Waals surface area contributed by atoms with Crippen LogP contribution in [0.15, 0.2) is 0 Å². The number of carbonyl (C=O) groups is 2. The van der Waals surface area contributed by atoms with Gasteiger partial charge in [0.2, 0.25) is 0 Å². The number of nitrogens with zero attached hydrogens (tertiary/aromatic N) is 1. The van der Waals surface area contributed by atoms with E-state index in [1.807, 2.05) is 13.8 Å². The number of ether oxygens (including phenoxy) is 1. The molecule has 1 aliphatic heterocycles. The highest BCUT2D eigenvalue weighted by Gasteiger charge is 2.32. The van der Waals surface area contributed by atoms with E-state index in [2.05, 4.69) is 4.74 Å². The molecule has 0 N–H and O–H groups in total. The average Bonchev–Trinajstić information content (AvgIpc) is 2.64. The van der Waals surface area contributed by atoms with Gasteiger partial charge in [-0.3, -0.25) is 4.79 Å². The lowest BCUT2D eigenvalue weighted by atomic mass is 9.95. The van der Waals surface area contributed by atoms with Crippen LogP contribution in [-0.2, 0) is 9.53 Å². The standard InChI is InChI=1S/C10H17NO3/c1-7(2)9(12)8-4-5-11(6-8)10(13)14-3/h7-8H,4-6H2,1-3H3. The predicted molar refractivity (Wildman–Crippen MR) is 51.9 cm³/mol. The van der Waals surface area contributed by atoms with Crippen molar-refractivity contribution in [1.82, 2.24) is 4.90 Å². The van der Waals surface area contributed by atoms with Crippen LogP contribution < -0.4 is 0 Å². The number of likely N-dealkylation sites (tertiary alicyclic amines) is 1. The van der Waals surface area contributed by atoms with E-state index in [1.54, 1.807) is 4.90 Å². The molecule has 0 bridgehead atoms. The Bertz CT molecular complexity index is 238. The van der Waals surface area contributed by atoms with Gasteiger partial charge in [0, 0.05) is 24.9 Å². The molecule has 1 saturated heterocycles. The van der Waals surface area contributed by atoms with Crippen LogP contribution in [0, 0.1) is 11.8 Å². The Kier molecular flexibility index (Phi) is 3.49. The summed E-state index contributed by atoms with van der Waals surface area (Å²) >= 11 is 0. The molecule has 1 amide bonds. The summed E-state index contributed by atoms with van der Waals surface area (Å²) in [5.74, 6) is 0.308. The second-order valence-electron chi connectivity index (χ2n) is 3.96. The van der Waals surface area contributed by atoms with E-state index in [0.29, 0.717) is 13.1 Å². The summed E-state index contributed by atoms with van der Waals surface area (Å²) < 4.78 is 4.60. The lowest BCUT2D eigenvalue weighted by Gasteiger charge is -2.14. The zero-order valence-electron chi connectivity index (χ0n) is 8.95. The lowest BCUT2D eigenvalue weighted by molar-refractivity contribution is -0.125. The van der Waals surface area contributed by atoms with Gasteiger partial charge in [-0.1, -0.05) is 13.8 Å². The van der Waals surface area contributed by atoms with Gasteiger partial charge < -0.3 is 9.64 Å². The third-order valence-electron chi connectivity index (χ3n) is 2.59. The fraction of sp³-hybridized carbons (Fsp3) is 0.800. The van der Waals surface area contributed by atoms with Crippen LogP contribution >= 0.6 is 0 Å². The molecule has 4 heteroatoms. The van der Waals surface area contributed by atoms with Gasteiger partial charge in [-0.15, -0.1) is 0 Å². The molecule has 0 aromatic rings. The lowest BCUT2D eigenvalue weighted by Crippen LogP contribution is -2.30. The first-order chi connectivity index (χ1) is 6.56. The minimum atomic E-state index is -0.330. The van der Waals surface area contributed by atoms with E-state index in [4.69, 9.17) is 0 Å². The third-order valence-corrected chi connectivity index (χ3v) is 2.59. The van der Waals surface area contributed by atoms with Crippen LogP contribution in [-0.4, -0.2) is 37.0 Å². The van der Waals surface area contributed by atoms with E-state index >= 15 is 0 Å². The second-order valence-corrected chi connectivity index (χ2v) is 3.96. The number of Topliss-reactive ketones (excluding diaryl/α,β-unsaturated/α-hetero) is 1. The Morgan fingerprint density at radius 3 is 2.57 bits per heavy atom. The molecule has 1 rings (SSSR count). The van der Waals surface area contributed by atoms with Crippen molar-refractivity contribution in [2.24, 2.45) is 11.8 Å². The summed E-state index contributed by atoms with van der Waals surface area (Å²) in [4.78, 5) is 24.4. The monoisotopic (exact) mass is 199 g/mol. The fourth-order valence-corrected chi connectivity index (χ4v) is 1.76. The summed E-state index contributed by atoms with van der Waals surface area (Å²) in [5, 5.41) is 0. The first-order valence-electron chi connectivity index (χ1n) is 4.93. The van der Waals surface area contributed by atoms with Crippen LogP contribution in [0.2, 0.25) is 0 Å². The minimum absolute atomic E-state index is 0.00843. The third kappa shape index (κ3) is 2.25. The van der Waals surface area contributed by atoms with Crippen LogP contribution in [0.1, 0.15) is 20.3 Å². The number of hydrogen-bond donors (Lipinski definition) is 0. The molecule has 1 fully saturated rings. The predicted octanol–water partition coefficient (Wildman–Crippen LogP) is 1.30. The van der Waals surface area contributed by atoms with E-state index in [1.165, 1.54) is 7.11 Å². The van der Waals surface area contributed by atoms with Crippen molar-refractivity contribution in [3.63, 3.8) is 0 Å². The van der Waals surface area contributed by atoms with Crippen LogP contribution in [0.3, 0.4) is 0 Å². The van der Waals surface area contributed by atoms with E-state index in [0.717, 1.165) is 6.42 Å². The Balaban J connectivity index is 2.49. The quantitative estimate of drug-likeness (QED) is 0.673. The molecule has 1 unspecified atom stereocenters. The van der Waals surface area contributed by atoms with E-state index in [-0.39, 0.29) is 23.7 Å². The number of amides is 1. The van der Waals surface area contributed by atoms with Gasteiger partial charge in [0.25, 0.3) is 0 Å². The van der Waals surface area contributed by atoms with Gasteiger partial charge in [-0.2, -0.15) is 0 Å². The molecule has 1 aliphatic rings. The first-order valence-corrected chi connectivity index (χ1v) is 4.93. The van der Waals surface area contributed by atoms with Gasteiger partial charge in [-0.05, 0) is 6.42 Å². The SMILES string of the molecule is COC(=O)N1CCC(C(=O)C(C)C)C1. The summed E-state index contributed by atoms with van der Waals surface area (Å²) in [5.41, 5.74) is 0. The van der Waals surface area contributed by atoms with E-state index < -0.39 is 0 Å². The van der Waals surface area contributed by atoms with Gasteiger partial charge >= 0.3 is 6.09 Å². The zero-order valence-corrected chi connectivity index (χ0v) is 8.95. The highest BCUT2D eigenvalue weighted by atomic mass is 16.5. The van der Waals surface area contributed by atoms with Crippen molar-refractivity contribution in [3.8, 4) is 0 Å². The Morgan fingerprint density at radius 1 is 1.43 bits per heavy atom. The molecule has 0 aromatic carbocycles. The molecule has 0 saturated carbocycles. The van der Waals surface area contributed by atoms with Crippen molar-refractivity contribution in [2.45, 2.75) is 20.3 Å². The van der Waals surface area contributed by atoms with Crippen LogP contribution in [0.4, 0.5) is 4.79 Å². The van der Waals surface area contributed by atoms with Crippen LogP contribution in [0.5, 0.6) is 0 Å². The first kappa shape index (κ1) is 11.0. The second kappa shape index (κ2) is 4.44. The molecule has 0 spiro atoms. The van der Waals surface area contributed by atoms with Gasteiger partial charge in [-0.25, -0.2) is 4.79 Å². The average molecular weight is 199 g/mol. The largest absolute Gasteiger partial charge is 0.453 e. The molecule has 4 nitrogen and oxygen atoms in total. The Morgan fingerprint density at radius 2 is 2.07 bits per heavy atom. The molecule has 1 atom stereocenters. The van der Waals surface area contributed by atoms with Crippen LogP contribution in [0.25, 0.3) is 0 Å². The van der Waals surface area contributed by atoms with Crippen molar-refractivity contribution in [3.05, 3.63) is 0 Å².